The minimum absolute atomic E-state index is 0.290. The lowest BCUT2D eigenvalue weighted by molar-refractivity contribution is 0.582. The van der Waals surface area contributed by atoms with E-state index in [1.165, 1.54) is 17.2 Å². The second kappa shape index (κ2) is 1.85. The molecule has 2 aromatic rings. The fourth-order valence-corrected chi connectivity index (χ4v) is 0.916. The first kappa shape index (κ1) is 5.96. The minimum Gasteiger partial charge on any atom is -0.425 e. The Kier molecular flexibility index (Phi) is 1.00. The van der Waals surface area contributed by atoms with Gasteiger partial charge in [0.1, 0.15) is 0 Å². The van der Waals surface area contributed by atoms with E-state index < -0.39 is 0 Å². The maximum absolute atomic E-state index is 11.0. The third-order valence-electron chi connectivity index (χ3n) is 1.39. The van der Waals surface area contributed by atoms with Crippen molar-refractivity contribution < 1.29 is 4.42 Å². The van der Waals surface area contributed by atoms with Crippen LogP contribution >= 0.6 is 0 Å². The summed E-state index contributed by atoms with van der Waals surface area (Å²) < 4.78 is 6.16. The number of aromatic nitrogens is 3. The molecule has 56 valence electrons. The molecule has 0 fully saturated rings. The van der Waals surface area contributed by atoms with E-state index >= 15 is 0 Å². The van der Waals surface area contributed by atoms with Crippen molar-refractivity contribution in [3.05, 3.63) is 23.5 Å². The van der Waals surface area contributed by atoms with Crippen LogP contribution in [0, 0.1) is 0 Å². The molecule has 5 nitrogen and oxygen atoms in total. The van der Waals surface area contributed by atoms with E-state index in [0.717, 1.165) is 0 Å². The van der Waals surface area contributed by atoms with Crippen LogP contribution in [0.2, 0.25) is 0 Å². The molecule has 1 N–H and O–H groups in total. The summed E-state index contributed by atoms with van der Waals surface area (Å²) in [6.45, 7) is 3.45. The molecule has 2 heterocycles. The molecule has 5 heteroatoms. The Morgan fingerprint density at radius 1 is 1.82 bits per heavy atom. The number of nitrogens with zero attached hydrogens (tertiary/aromatic N) is 2. The fourth-order valence-electron chi connectivity index (χ4n) is 0.916. The molecule has 0 atom stereocenters. The zero-order valence-electron chi connectivity index (χ0n) is 5.57. The molecule has 2 rings (SSSR count). The third kappa shape index (κ3) is 0.644. The maximum atomic E-state index is 11.0. The quantitative estimate of drug-likeness (QED) is 0.642. The number of fused-ring (bicyclic) bond motifs is 1. The van der Waals surface area contributed by atoms with Gasteiger partial charge in [0.05, 0.1) is 0 Å². The van der Waals surface area contributed by atoms with Gasteiger partial charge < -0.3 is 4.42 Å². The lowest BCUT2D eigenvalue weighted by Gasteiger charge is -1.84. The first-order valence-corrected chi connectivity index (χ1v) is 2.99. The van der Waals surface area contributed by atoms with Gasteiger partial charge in [-0.15, -0.1) is 0 Å². The number of hydrogen-bond acceptors (Lipinski definition) is 3. The molecule has 0 unspecified atom stereocenters. The topological polar surface area (TPSA) is 63.8 Å². The summed E-state index contributed by atoms with van der Waals surface area (Å²) in [7, 11) is 0. The van der Waals surface area contributed by atoms with E-state index in [9.17, 15) is 4.79 Å². The summed E-state index contributed by atoms with van der Waals surface area (Å²) in [5.41, 5.74) is 0.543. The van der Waals surface area contributed by atoms with Crippen LogP contribution in [0.1, 0.15) is 0 Å². The molecule has 0 aliphatic heterocycles. The number of nitrogens with one attached hydrogen (secondary N) is 1. The first-order valence-electron chi connectivity index (χ1n) is 2.99. The van der Waals surface area contributed by atoms with Crippen LogP contribution in [-0.4, -0.2) is 14.5 Å². The lowest BCUT2D eigenvalue weighted by atomic mass is 10.8. The predicted octanol–water partition coefficient (Wildman–Crippen LogP) is 0.418. The molecule has 0 radical (unpaired) electrons. The second-order valence-electron chi connectivity index (χ2n) is 1.99. The van der Waals surface area contributed by atoms with Crippen molar-refractivity contribution in [2.45, 2.75) is 0 Å². The molecule has 0 amide bonds. The summed E-state index contributed by atoms with van der Waals surface area (Å²) in [5.74, 6) is 0. The third-order valence-corrected chi connectivity index (χ3v) is 1.39. The van der Waals surface area contributed by atoms with Crippen molar-refractivity contribution in [2.75, 3.05) is 0 Å². The van der Waals surface area contributed by atoms with E-state index in [4.69, 9.17) is 4.42 Å². The molecule has 0 aliphatic rings. The van der Waals surface area contributed by atoms with Crippen molar-refractivity contribution >= 4 is 17.6 Å². The number of rotatable bonds is 1. The van der Waals surface area contributed by atoms with Crippen molar-refractivity contribution in [2.24, 2.45) is 0 Å². The van der Waals surface area contributed by atoms with Crippen LogP contribution in [0.5, 0.6) is 0 Å². The average Bonchev–Trinajstić information content (AvgIpc) is 2.46. The largest absolute Gasteiger partial charge is 0.425 e. The Labute approximate surface area is 61.0 Å². The summed E-state index contributed by atoms with van der Waals surface area (Å²) in [6, 6.07) is 0. The van der Waals surface area contributed by atoms with Crippen LogP contribution < -0.4 is 5.69 Å². The van der Waals surface area contributed by atoms with Gasteiger partial charge in [-0.25, -0.2) is 9.36 Å². The highest BCUT2D eigenvalue weighted by Gasteiger charge is 2.06. The van der Waals surface area contributed by atoms with Crippen LogP contribution in [0.25, 0.3) is 17.6 Å². The first-order chi connectivity index (χ1) is 5.33. The molecular weight excluding hydrogens is 146 g/mol. The van der Waals surface area contributed by atoms with Gasteiger partial charge in [-0.3, -0.25) is 4.98 Å². The highest BCUT2D eigenvalue weighted by Crippen LogP contribution is 2.05. The van der Waals surface area contributed by atoms with Gasteiger partial charge >= 0.3 is 5.69 Å². The Balaban J connectivity index is 3.02. The van der Waals surface area contributed by atoms with Gasteiger partial charge in [0.2, 0.25) is 0 Å². The average molecular weight is 151 g/mol. The van der Waals surface area contributed by atoms with E-state index in [2.05, 4.69) is 16.5 Å². The highest BCUT2D eigenvalue weighted by molar-refractivity contribution is 5.65. The maximum Gasteiger partial charge on any atom is 0.334 e. The number of hydrogen-bond donors (Lipinski definition) is 1. The van der Waals surface area contributed by atoms with Crippen molar-refractivity contribution in [1.29, 1.82) is 0 Å². The summed E-state index contributed by atoms with van der Waals surface area (Å²) in [6.07, 6.45) is 2.63. The zero-order chi connectivity index (χ0) is 7.84. The van der Waals surface area contributed by atoms with Crippen molar-refractivity contribution in [1.82, 2.24) is 14.5 Å². The van der Waals surface area contributed by atoms with E-state index in [0.29, 0.717) is 11.4 Å². The van der Waals surface area contributed by atoms with Gasteiger partial charge in [0.15, 0.2) is 12.0 Å². The molecule has 11 heavy (non-hydrogen) atoms. The zero-order valence-corrected chi connectivity index (χ0v) is 5.57. The summed E-state index contributed by atoms with van der Waals surface area (Å²) >= 11 is 0. The van der Waals surface area contributed by atoms with E-state index in [-0.39, 0.29) is 5.69 Å². The fraction of sp³-hybridized carbons (Fsp3) is 0. The smallest absolute Gasteiger partial charge is 0.334 e. The Morgan fingerprint density at radius 2 is 2.64 bits per heavy atom. The van der Waals surface area contributed by atoms with Crippen LogP contribution in [-0.2, 0) is 0 Å². The monoisotopic (exact) mass is 151 g/mol. The summed E-state index contributed by atoms with van der Waals surface area (Å²) in [4.78, 5) is 17.2. The van der Waals surface area contributed by atoms with Crippen molar-refractivity contribution in [3.63, 3.8) is 0 Å². The highest BCUT2D eigenvalue weighted by atomic mass is 16.3. The molecule has 2 aromatic heterocycles. The minimum atomic E-state index is -0.290. The molecular formula is C6H5N3O2. The van der Waals surface area contributed by atoms with Crippen molar-refractivity contribution in [3.8, 4) is 0 Å². The standard InChI is InChI=1S/C6H5N3O2/c1-2-9-5-4(7-3-11-5)8-6(9)10/h2-3H,1H2,(H,8,10). The Morgan fingerprint density at radius 3 is 3.36 bits per heavy atom. The Hall–Kier alpha value is -1.78. The van der Waals surface area contributed by atoms with Crippen LogP contribution in [0.3, 0.4) is 0 Å². The SMILES string of the molecule is C=Cn1c(=O)[nH]c2ncoc21. The molecule has 0 saturated carbocycles. The van der Waals surface area contributed by atoms with Crippen LogP contribution in [0.15, 0.2) is 22.2 Å². The van der Waals surface area contributed by atoms with Gasteiger partial charge in [-0.05, 0) is 0 Å². The molecule has 0 bridgehead atoms. The number of aromatic amines is 1. The molecule has 0 aliphatic carbocycles. The number of H-pyrrole nitrogens is 1. The number of oxazole rings is 1. The van der Waals surface area contributed by atoms with Crippen LogP contribution in [0.4, 0.5) is 0 Å². The lowest BCUT2D eigenvalue weighted by Crippen LogP contribution is -2.10. The number of imidazole rings is 1. The Bertz CT molecular complexity index is 448. The van der Waals surface area contributed by atoms with E-state index in [1.54, 1.807) is 0 Å². The summed E-state index contributed by atoms with van der Waals surface area (Å²) in [5, 5.41) is 0. The van der Waals surface area contributed by atoms with Gasteiger partial charge in [0, 0.05) is 6.20 Å². The molecule has 0 saturated heterocycles. The van der Waals surface area contributed by atoms with Gasteiger partial charge in [0.25, 0.3) is 5.71 Å². The molecule has 0 spiro atoms. The predicted molar refractivity (Wildman–Crippen MR) is 39.0 cm³/mol. The van der Waals surface area contributed by atoms with E-state index in [1.807, 2.05) is 0 Å². The normalized spacial score (nSPS) is 10.5. The van der Waals surface area contributed by atoms with Gasteiger partial charge in [-0.1, -0.05) is 6.58 Å². The van der Waals surface area contributed by atoms with Gasteiger partial charge in [-0.2, -0.15) is 4.98 Å². The molecule has 0 aromatic carbocycles. The second-order valence-corrected chi connectivity index (χ2v) is 1.99.